The molecule has 5 heteroatoms. The SMILES string of the molecule is CC(C)(C)OC(=O)N1C2COCC1CC(O)(CC1CC1)C2. The number of amides is 1. The number of piperidine rings is 1. The van der Waals surface area contributed by atoms with Gasteiger partial charge >= 0.3 is 6.09 Å². The molecular formula is C16H27NO4. The minimum absolute atomic E-state index is 0.0592. The third-order valence-corrected chi connectivity index (χ3v) is 4.61. The number of rotatable bonds is 2. The van der Waals surface area contributed by atoms with Crippen LogP contribution in [-0.2, 0) is 9.47 Å². The maximum atomic E-state index is 12.4. The lowest BCUT2D eigenvalue weighted by Crippen LogP contribution is -2.64. The van der Waals surface area contributed by atoms with Crippen LogP contribution >= 0.6 is 0 Å². The summed E-state index contributed by atoms with van der Waals surface area (Å²) < 4.78 is 11.1. The first kappa shape index (κ1) is 15.1. The van der Waals surface area contributed by atoms with Gasteiger partial charge in [0.15, 0.2) is 0 Å². The first-order valence-electron chi connectivity index (χ1n) is 8.07. The van der Waals surface area contributed by atoms with E-state index in [2.05, 4.69) is 0 Å². The Kier molecular flexibility index (Phi) is 3.69. The van der Waals surface area contributed by atoms with Crippen LogP contribution in [0.5, 0.6) is 0 Å². The molecule has 0 spiro atoms. The van der Waals surface area contributed by atoms with Gasteiger partial charge in [0.05, 0.1) is 30.9 Å². The fourth-order valence-electron chi connectivity index (χ4n) is 3.71. The Balaban J connectivity index is 1.70. The van der Waals surface area contributed by atoms with Crippen molar-refractivity contribution in [3.8, 4) is 0 Å². The van der Waals surface area contributed by atoms with Gasteiger partial charge in [0.25, 0.3) is 0 Å². The van der Waals surface area contributed by atoms with Gasteiger partial charge in [0.2, 0.25) is 0 Å². The second-order valence-corrected chi connectivity index (χ2v) is 8.01. The quantitative estimate of drug-likeness (QED) is 0.850. The third-order valence-electron chi connectivity index (χ3n) is 4.61. The zero-order valence-electron chi connectivity index (χ0n) is 13.3. The highest BCUT2D eigenvalue weighted by Crippen LogP contribution is 2.44. The van der Waals surface area contributed by atoms with E-state index in [1.54, 1.807) is 0 Å². The minimum Gasteiger partial charge on any atom is -0.444 e. The van der Waals surface area contributed by atoms with Gasteiger partial charge in [-0.15, -0.1) is 0 Å². The van der Waals surface area contributed by atoms with Crippen molar-refractivity contribution in [3.05, 3.63) is 0 Å². The van der Waals surface area contributed by atoms with Gasteiger partial charge in [0, 0.05) is 0 Å². The van der Waals surface area contributed by atoms with Crippen LogP contribution in [0, 0.1) is 5.92 Å². The molecule has 1 amide bonds. The molecule has 2 bridgehead atoms. The van der Waals surface area contributed by atoms with Gasteiger partial charge in [-0.1, -0.05) is 12.8 Å². The molecule has 2 aliphatic heterocycles. The summed E-state index contributed by atoms with van der Waals surface area (Å²) in [4.78, 5) is 14.3. The van der Waals surface area contributed by atoms with Gasteiger partial charge in [-0.05, 0) is 46.0 Å². The van der Waals surface area contributed by atoms with Gasteiger partial charge in [-0.25, -0.2) is 4.79 Å². The predicted molar refractivity (Wildman–Crippen MR) is 78.0 cm³/mol. The molecule has 3 rings (SSSR count). The van der Waals surface area contributed by atoms with Gasteiger partial charge in [-0.2, -0.15) is 0 Å². The van der Waals surface area contributed by atoms with E-state index in [9.17, 15) is 9.90 Å². The summed E-state index contributed by atoms with van der Waals surface area (Å²) in [5.41, 5.74) is -1.12. The van der Waals surface area contributed by atoms with Gasteiger partial charge < -0.3 is 14.6 Å². The van der Waals surface area contributed by atoms with E-state index in [-0.39, 0.29) is 18.2 Å². The van der Waals surface area contributed by atoms with Crippen molar-refractivity contribution >= 4 is 6.09 Å². The highest BCUT2D eigenvalue weighted by molar-refractivity contribution is 5.69. The molecular weight excluding hydrogens is 270 g/mol. The average molecular weight is 297 g/mol. The highest BCUT2D eigenvalue weighted by atomic mass is 16.6. The van der Waals surface area contributed by atoms with E-state index in [0.717, 1.165) is 6.42 Å². The number of hydrogen-bond donors (Lipinski definition) is 1. The van der Waals surface area contributed by atoms with Crippen molar-refractivity contribution in [1.29, 1.82) is 0 Å². The number of aliphatic hydroxyl groups is 1. The molecule has 3 fully saturated rings. The Bertz CT molecular complexity index is 399. The van der Waals surface area contributed by atoms with Crippen LogP contribution in [0.25, 0.3) is 0 Å². The van der Waals surface area contributed by atoms with E-state index >= 15 is 0 Å². The molecule has 0 aromatic rings. The molecule has 1 aliphatic carbocycles. The van der Waals surface area contributed by atoms with Crippen LogP contribution in [0.15, 0.2) is 0 Å². The summed E-state index contributed by atoms with van der Waals surface area (Å²) in [5, 5.41) is 10.9. The second kappa shape index (κ2) is 5.13. The lowest BCUT2D eigenvalue weighted by atomic mass is 9.78. The van der Waals surface area contributed by atoms with Crippen molar-refractivity contribution in [2.75, 3.05) is 13.2 Å². The normalized spacial score (nSPS) is 36.5. The van der Waals surface area contributed by atoms with E-state index in [1.165, 1.54) is 12.8 Å². The lowest BCUT2D eigenvalue weighted by Gasteiger charge is -2.51. The maximum Gasteiger partial charge on any atom is 0.410 e. The van der Waals surface area contributed by atoms with Crippen LogP contribution in [0.3, 0.4) is 0 Å². The second-order valence-electron chi connectivity index (χ2n) is 8.01. The third kappa shape index (κ3) is 3.51. The van der Waals surface area contributed by atoms with Crippen molar-refractivity contribution < 1.29 is 19.4 Å². The largest absolute Gasteiger partial charge is 0.444 e. The maximum absolute atomic E-state index is 12.4. The molecule has 3 aliphatic rings. The minimum atomic E-state index is -0.626. The molecule has 2 unspecified atom stereocenters. The standard InChI is InChI=1S/C16H27NO4/c1-15(2,3)21-14(18)17-12-7-16(19,6-11-4-5-11)8-13(17)10-20-9-12/h11-13,19H,4-10H2,1-3H3. The summed E-state index contributed by atoms with van der Waals surface area (Å²) in [7, 11) is 0. The van der Waals surface area contributed by atoms with Crippen LogP contribution in [0.4, 0.5) is 4.79 Å². The predicted octanol–water partition coefficient (Wildman–Crippen LogP) is 2.32. The van der Waals surface area contributed by atoms with Crippen LogP contribution in [0.2, 0.25) is 0 Å². The Morgan fingerprint density at radius 1 is 1.29 bits per heavy atom. The molecule has 2 saturated heterocycles. The molecule has 1 N–H and O–H groups in total. The number of ether oxygens (including phenoxy) is 2. The summed E-state index contributed by atoms with van der Waals surface area (Å²) in [6.07, 6.45) is 4.31. The van der Waals surface area contributed by atoms with Gasteiger partial charge in [-0.3, -0.25) is 4.90 Å². The monoisotopic (exact) mass is 297 g/mol. The van der Waals surface area contributed by atoms with E-state index in [4.69, 9.17) is 9.47 Å². The molecule has 2 atom stereocenters. The summed E-state index contributed by atoms with van der Waals surface area (Å²) in [6.45, 7) is 6.64. The zero-order chi connectivity index (χ0) is 15.3. The van der Waals surface area contributed by atoms with E-state index in [0.29, 0.717) is 32.0 Å². The first-order chi connectivity index (χ1) is 9.76. The zero-order valence-corrected chi connectivity index (χ0v) is 13.3. The number of fused-ring (bicyclic) bond motifs is 2. The van der Waals surface area contributed by atoms with Crippen molar-refractivity contribution in [2.24, 2.45) is 5.92 Å². The molecule has 0 aromatic carbocycles. The van der Waals surface area contributed by atoms with E-state index in [1.807, 2.05) is 25.7 Å². The number of hydrogen-bond acceptors (Lipinski definition) is 4. The average Bonchev–Trinajstić information content (AvgIpc) is 3.08. The summed E-state index contributed by atoms with van der Waals surface area (Å²) >= 11 is 0. The molecule has 5 nitrogen and oxygen atoms in total. The Hall–Kier alpha value is -0.810. The first-order valence-corrected chi connectivity index (χ1v) is 8.07. The molecule has 0 radical (unpaired) electrons. The van der Waals surface area contributed by atoms with Gasteiger partial charge in [0.1, 0.15) is 5.60 Å². The van der Waals surface area contributed by atoms with Crippen LogP contribution < -0.4 is 0 Å². The van der Waals surface area contributed by atoms with E-state index < -0.39 is 11.2 Å². The highest BCUT2D eigenvalue weighted by Gasteiger charge is 2.50. The molecule has 21 heavy (non-hydrogen) atoms. The molecule has 0 aromatic heterocycles. The Labute approximate surface area is 126 Å². The van der Waals surface area contributed by atoms with Crippen molar-refractivity contribution in [2.45, 2.75) is 76.2 Å². The fourth-order valence-corrected chi connectivity index (χ4v) is 3.71. The lowest BCUT2D eigenvalue weighted by molar-refractivity contribution is -0.141. The molecule has 2 heterocycles. The summed E-state index contributed by atoms with van der Waals surface area (Å²) in [5.74, 6) is 0.685. The number of morpholine rings is 1. The number of nitrogens with zero attached hydrogens (tertiary/aromatic N) is 1. The van der Waals surface area contributed by atoms with Crippen molar-refractivity contribution in [3.63, 3.8) is 0 Å². The van der Waals surface area contributed by atoms with Crippen molar-refractivity contribution in [1.82, 2.24) is 4.90 Å². The van der Waals surface area contributed by atoms with Crippen LogP contribution in [-0.4, -0.2) is 52.6 Å². The van der Waals surface area contributed by atoms with Crippen LogP contribution in [0.1, 0.15) is 52.9 Å². The number of carbonyl (C=O) groups is 1. The molecule has 1 saturated carbocycles. The molecule has 120 valence electrons. The smallest absolute Gasteiger partial charge is 0.410 e. The Morgan fingerprint density at radius 2 is 1.86 bits per heavy atom. The Morgan fingerprint density at radius 3 is 2.33 bits per heavy atom. The number of carbonyl (C=O) groups excluding carboxylic acids is 1. The fraction of sp³-hybridized carbons (Fsp3) is 0.938. The summed E-state index contributed by atoms with van der Waals surface area (Å²) in [6, 6.07) is -0.118. The topological polar surface area (TPSA) is 59.0 Å².